The van der Waals surface area contributed by atoms with Crippen molar-refractivity contribution in [3.63, 3.8) is 0 Å². The number of benzene rings is 4. The summed E-state index contributed by atoms with van der Waals surface area (Å²) in [7, 11) is 0. The van der Waals surface area contributed by atoms with Crippen LogP contribution in [0.5, 0.6) is 0 Å². The minimum absolute atomic E-state index is 0. The van der Waals surface area contributed by atoms with Crippen LogP contribution in [0.3, 0.4) is 0 Å². The molecule has 0 N–H and O–H groups in total. The quantitative estimate of drug-likeness (QED) is 0.165. The van der Waals surface area contributed by atoms with Crippen LogP contribution < -0.4 is 0 Å². The molecule has 0 unspecified atom stereocenters. The largest absolute Gasteiger partial charge is 0.501 e. The fourth-order valence-electron chi connectivity index (χ4n) is 6.67. The summed E-state index contributed by atoms with van der Waals surface area (Å²) in [5, 5.41) is 3.34. The summed E-state index contributed by atoms with van der Waals surface area (Å²) >= 11 is 1.77. The van der Waals surface area contributed by atoms with Crippen LogP contribution in [0.15, 0.2) is 102 Å². The topological polar surface area (TPSA) is 51.8 Å². The van der Waals surface area contributed by atoms with Gasteiger partial charge in [-0.15, -0.1) is 65.4 Å². The second-order valence-corrected chi connectivity index (χ2v) is 17.0. The molecule has 0 amide bonds. The van der Waals surface area contributed by atoms with Gasteiger partial charge in [-0.1, -0.05) is 88.9 Å². The first kappa shape index (κ1) is 38.3. The Kier molecular flexibility index (Phi) is 10.9. The van der Waals surface area contributed by atoms with E-state index in [-0.39, 0.29) is 30.9 Å². The first-order chi connectivity index (χ1) is 24.7. The number of fused-ring (bicyclic) bond motifs is 4. The SMILES string of the molecule is Cc1ccc(-c2[c-]cccc2)nc1.Cc1cccc(C)c1-c1cnc(-c2[c-]ccc3c2oc2cc4nc(C(C)(C)C)sc4cc23)cc1CC(C)(C)C.[Ir]. The van der Waals surface area contributed by atoms with Crippen LogP contribution in [-0.2, 0) is 31.9 Å². The summed E-state index contributed by atoms with van der Waals surface area (Å²) in [6.45, 7) is 19.9. The third kappa shape index (κ3) is 8.21. The molecule has 8 rings (SSSR count). The standard InChI is InChI=1S/C35H35N2OS.C12H10N.Ir/c1-20-11-9-12-21(2)31(20)26-19-36-27(15-22(26)18-34(3,4)5)24-14-10-13-23-25-16-30-28(17-29(25)38-32(23)24)37-33(39-30)35(6,7)8;1-10-7-8-12(13-9-10)11-5-3-2-4-6-11;/h9-13,15-17,19H,18H2,1-8H3;2-5,7-9H,1H3;/q2*-1;. The van der Waals surface area contributed by atoms with E-state index in [1.54, 1.807) is 11.3 Å². The van der Waals surface area contributed by atoms with Crippen molar-refractivity contribution in [1.82, 2.24) is 15.0 Å². The van der Waals surface area contributed by atoms with Crippen molar-refractivity contribution < 1.29 is 24.5 Å². The van der Waals surface area contributed by atoms with Crippen molar-refractivity contribution >= 4 is 43.5 Å². The Morgan fingerprint density at radius 1 is 0.736 bits per heavy atom. The van der Waals surface area contributed by atoms with Gasteiger partial charge in [0.15, 0.2) is 0 Å². The number of aryl methyl sites for hydroxylation is 3. The third-order valence-electron chi connectivity index (χ3n) is 9.20. The Morgan fingerprint density at radius 2 is 1.49 bits per heavy atom. The maximum Gasteiger partial charge on any atom is 0.123 e. The Balaban J connectivity index is 0.000000289. The number of nitrogens with zero attached hydrogens (tertiary/aromatic N) is 3. The van der Waals surface area contributed by atoms with Gasteiger partial charge in [0.1, 0.15) is 5.58 Å². The number of thiazole rings is 1. The van der Waals surface area contributed by atoms with Gasteiger partial charge in [-0.2, -0.15) is 0 Å². The number of hydrogen-bond donors (Lipinski definition) is 0. The summed E-state index contributed by atoms with van der Waals surface area (Å²) in [5.74, 6) is 0. The number of furan rings is 1. The molecule has 4 heterocycles. The van der Waals surface area contributed by atoms with Gasteiger partial charge in [0.05, 0.1) is 20.8 Å². The molecule has 0 atom stereocenters. The summed E-state index contributed by atoms with van der Waals surface area (Å²) in [4.78, 5) is 14.2. The number of aromatic nitrogens is 3. The molecule has 0 bridgehead atoms. The average Bonchev–Trinajstić information content (AvgIpc) is 3.69. The molecule has 0 saturated carbocycles. The predicted octanol–water partition coefficient (Wildman–Crippen LogP) is 13.1. The minimum Gasteiger partial charge on any atom is -0.501 e. The zero-order chi connectivity index (χ0) is 36.8. The van der Waals surface area contributed by atoms with Crippen LogP contribution in [0.1, 0.15) is 68.8 Å². The molecule has 8 aromatic rings. The Labute approximate surface area is 331 Å². The second kappa shape index (κ2) is 15.1. The number of pyridine rings is 2. The fourth-order valence-corrected chi connectivity index (χ4v) is 7.71. The summed E-state index contributed by atoms with van der Waals surface area (Å²) in [6, 6.07) is 35.7. The molecule has 4 nitrogen and oxygen atoms in total. The minimum atomic E-state index is 0. The molecule has 0 aliphatic heterocycles. The normalized spacial score (nSPS) is 11.8. The second-order valence-electron chi connectivity index (χ2n) is 16.0. The van der Waals surface area contributed by atoms with Crippen LogP contribution in [-0.4, -0.2) is 15.0 Å². The Hall–Kier alpha value is -4.48. The molecule has 0 saturated heterocycles. The van der Waals surface area contributed by atoms with E-state index < -0.39 is 0 Å². The maximum atomic E-state index is 6.53. The van der Waals surface area contributed by atoms with Gasteiger partial charge in [-0.3, -0.25) is 0 Å². The van der Waals surface area contributed by atoms with Crippen molar-refractivity contribution in [2.24, 2.45) is 5.41 Å². The molecular weight excluding hydrogens is 847 g/mol. The number of rotatable bonds is 4. The van der Waals surface area contributed by atoms with Crippen molar-refractivity contribution in [3.05, 3.63) is 137 Å². The Bertz CT molecular complexity index is 2520. The van der Waals surface area contributed by atoms with E-state index >= 15 is 0 Å². The van der Waals surface area contributed by atoms with E-state index in [9.17, 15) is 0 Å². The Morgan fingerprint density at radius 3 is 2.15 bits per heavy atom. The van der Waals surface area contributed by atoms with E-state index in [4.69, 9.17) is 14.4 Å². The van der Waals surface area contributed by atoms with Gasteiger partial charge < -0.3 is 14.4 Å². The van der Waals surface area contributed by atoms with Crippen LogP contribution in [0.4, 0.5) is 0 Å². The van der Waals surface area contributed by atoms with Crippen LogP contribution >= 0.6 is 11.3 Å². The van der Waals surface area contributed by atoms with Gasteiger partial charge in [-0.05, 0) is 77.9 Å². The van der Waals surface area contributed by atoms with Crippen molar-refractivity contribution in [3.8, 4) is 33.6 Å². The zero-order valence-corrected chi connectivity index (χ0v) is 35.1. The smallest absolute Gasteiger partial charge is 0.123 e. The van der Waals surface area contributed by atoms with E-state index in [2.05, 4.69) is 127 Å². The summed E-state index contributed by atoms with van der Waals surface area (Å²) in [6.07, 6.45) is 4.87. The van der Waals surface area contributed by atoms with Crippen molar-refractivity contribution in [2.45, 2.75) is 74.1 Å². The van der Waals surface area contributed by atoms with Crippen LogP contribution in [0, 0.1) is 38.3 Å². The molecule has 0 fully saturated rings. The van der Waals surface area contributed by atoms with Gasteiger partial charge in [0.25, 0.3) is 0 Å². The number of hydrogen-bond acceptors (Lipinski definition) is 5. The molecule has 4 aromatic carbocycles. The fraction of sp³-hybridized carbons (Fsp3) is 0.255. The van der Waals surface area contributed by atoms with Gasteiger partial charge in [0, 0.05) is 54.9 Å². The molecule has 4 aromatic heterocycles. The first-order valence-corrected chi connectivity index (χ1v) is 18.7. The van der Waals surface area contributed by atoms with E-state index in [1.807, 2.05) is 49.5 Å². The van der Waals surface area contributed by atoms with Crippen LogP contribution in [0.25, 0.3) is 65.8 Å². The van der Waals surface area contributed by atoms with E-state index in [0.717, 1.165) is 61.4 Å². The molecule has 0 spiro atoms. The van der Waals surface area contributed by atoms with E-state index in [0.29, 0.717) is 0 Å². The molecule has 1 radical (unpaired) electrons. The van der Waals surface area contributed by atoms with Crippen molar-refractivity contribution in [1.29, 1.82) is 0 Å². The zero-order valence-electron chi connectivity index (χ0n) is 31.9. The van der Waals surface area contributed by atoms with Gasteiger partial charge >= 0.3 is 0 Å². The van der Waals surface area contributed by atoms with E-state index in [1.165, 1.54) is 38.1 Å². The maximum absolute atomic E-state index is 6.53. The van der Waals surface area contributed by atoms with Gasteiger partial charge in [0.2, 0.25) is 0 Å². The summed E-state index contributed by atoms with van der Waals surface area (Å²) < 4.78 is 7.72. The molecule has 6 heteroatoms. The molecule has 0 aliphatic rings. The third-order valence-corrected chi connectivity index (χ3v) is 10.6. The molecule has 271 valence electrons. The summed E-state index contributed by atoms with van der Waals surface area (Å²) in [5.41, 5.74) is 14.2. The predicted molar refractivity (Wildman–Crippen MR) is 219 cm³/mol. The van der Waals surface area contributed by atoms with Gasteiger partial charge in [-0.25, -0.2) is 4.98 Å². The molecule has 53 heavy (non-hydrogen) atoms. The monoisotopic (exact) mass is 892 g/mol. The molecule has 0 aliphatic carbocycles. The first-order valence-electron chi connectivity index (χ1n) is 17.9. The average molecular weight is 892 g/mol. The van der Waals surface area contributed by atoms with Crippen LogP contribution in [0.2, 0.25) is 0 Å². The molecular formula is C47H45IrN3OS-2. The van der Waals surface area contributed by atoms with Crippen molar-refractivity contribution in [2.75, 3.05) is 0 Å².